The van der Waals surface area contributed by atoms with Crippen LogP contribution < -0.4 is 5.73 Å². The van der Waals surface area contributed by atoms with Gasteiger partial charge in [0.25, 0.3) is 0 Å². The predicted octanol–water partition coefficient (Wildman–Crippen LogP) is 0.756. The Bertz CT molecular complexity index is 209. The van der Waals surface area contributed by atoms with Crippen LogP contribution in [0.4, 0.5) is 0 Å². The molecule has 0 aromatic carbocycles. The van der Waals surface area contributed by atoms with E-state index in [2.05, 4.69) is 11.0 Å². The van der Waals surface area contributed by atoms with Crippen LogP contribution in [0.15, 0.2) is 11.6 Å². The van der Waals surface area contributed by atoms with E-state index in [1.807, 2.05) is 0 Å². The van der Waals surface area contributed by atoms with Gasteiger partial charge in [-0.1, -0.05) is 11.6 Å². The molecule has 14 heavy (non-hydrogen) atoms. The van der Waals surface area contributed by atoms with Crippen LogP contribution in [0.5, 0.6) is 0 Å². The lowest BCUT2D eigenvalue weighted by Gasteiger charge is -2.27. The summed E-state index contributed by atoms with van der Waals surface area (Å²) in [6.45, 7) is 5.01. The van der Waals surface area contributed by atoms with Gasteiger partial charge >= 0.3 is 0 Å². The zero-order valence-electron chi connectivity index (χ0n) is 8.74. The third-order valence-electron chi connectivity index (χ3n) is 3.14. The van der Waals surface area contributed by atoms with Crippen LogP contribution >= 0.6 is 0 Å². The van der Waals surface area contributed by atoms with Gasteiger partial charge in [0.2, 0.25) is 0 Å². The molecule has 2 heterocycles. The Hall–Kier alpha value is -0.380. The molecule has 0 amide bonds. The Morgan fingerprint density at radius 1 is 1.57 bits per heavy atom. The molecule has 3 heteroatoms. The van der Waals surface area contributed by atoms with E-state index in [9.17, 15) is 0 Å². The van der Waals surface area contributed by atoms with Gasteiger partial charge < -0.3 is 10.5 Å². The lowest BCUT2D eigenvalue weighted by atomic mass is 10.1. The first-order valence-electron chi connectivity index (χ1n) is 5.60. The van der Waals surface area contributed by atoms with Crippen molar-refractivity contribution in [1.29, 1.82) is 0 Å². The van der Waals surface area contributed by atoms with Crippen molar-refractivity contribution in [2.75, 3.05) is 32.8 Å². The number of ether oxygens (including phenoxy) is 1. The maximum absolute atomic E-state index is 5.62. The first-order chi connectivity index (χ1) is 6.88. The van der Waals surface area contributed by atoms with Gasteiger partial charge in [0.15, 0.2) is 0 Å². The van der Waals surface area contributed by atoms with E-state index in [1.54, 1.807) is 0 Å². The first-order valence-corrected chi connectivity index (χ1v) is 5.60. The summed E-state index contributed by atoms with van der Waals surface area (Å²) < 4.78 is 5.62. The van der Waals surface area contributed by atoms with Crippen molar-refractivity contribution in [3.63, 3.8) is 0 Å². The zero-order chi connectivity index (χ0) is 9.80. The fourth-order valence-electron chi connectivity index (χ4n) is 2.18. The fourth-order valence-corrected chi connectivity index (χ4v) is 2.18. The van der Waals surface area contributed by atoms with Crippen LogP contribution in [0.1, 0.15) is 19.3 Å². The van der Waals surface area contributed by atoms with Crippen molar-refractivity contribution in [3.05, 3.63) is 11.6 Å². The van der Waals surface area contributed by atoms with Gasteiger partial charge in [0.1, 0.15) is 0 Å². The highest BCUT2D eigenvalue weighted by molar-refractivity contribution is 5.08. The highest BCUT2D eigenvalue weighted by Crippen LogP contribution is 2.16. The van der Waals surface area contributed by atoms with E-state index in [-0.39, 0.29) is 0 Å². The molecule has 0 aromatic heterocycles. The second-order valence-corrected chi connectivity index (χ2v) is 4.21. The third-order valence-corrected chi connectivity index (χ3v) is 3.14. The van der Waals surface area contributed by atoms with Crippen molar-refractivity contribution >= 4 is 0 Å². The van der Waals surface area contributed by atoms with E-state index < -0.39 is 0 Å². The molecule has 0 aromatic rings. The Morgan fingerprint density at radius 2 is 2.50 bits per heavy atom. The smallest absolute Gasteiger partial charge is 0.0702 e. The Labute approximate surface area is 85.9 Å². The lowest BCUT2D eigenvalue weighted by Crippen LogP contribution is -2.36. The predicted molar refractivity (Wildman–Crippen MR) is 57.2 cm³/mol. The summed E-state index contributed by atoms with van der Waals surface area (Å²) in [5.41, 5.74) is 7.01. The molecule has 2 rings (SSSR count). The molecule has 1 saturated heterocycles. The summed E-state index contributed by atoms with van der Waals surface area (Å²) in [6, 6.07) is 0. The molecule has 1 unspecified atom stereocenters. The van der Waals surface area contributed by atoms with E-state index in [0.29, 0.717) is 6.10 Å². The molecular weight excluding hydrogens is 176 g/mol. The maximum Gasteiger partial charge on any atom is 0.0702 e. The Morgan fingerprint density at radius 3 is 3.07 bits per heavy atom. The highest BCUT2D eigenvalue weighted by atomic mass is 16.5. The van der Waals surface area contributed by atoms with E-state index in [4.69, 9.17) is 10.5 Å². The number of nitrogens with two attached hydrogens (primary N) is 1. The van der Waals surface area contributed by atoms with Gasteiger partial charge in [-0.05, 0) is 19.3 Å². The van der Waals surface area contributed by atoms with Crippen molar-refractivity contribution < 1.29 is 4.74 Å². The minimum atomic E-state index is 0.489. The van der Waals surface area contributed by atoms with E-state index >= 15 is 0 Å². The summed E-state index contributed by atoms with van der Waals surface area (Å²) in [5.74, 6) is 0. The normalized spacial score (nSPS) is 29.2. The van der Waals surface area contributed by atoms with Crippen molar-refractivity contribution in [3.8, 4) is 0 Å². The van der Waals surface area contributed by atoms with Gasteiger partial charge in [-0.25, -0.2) is 0 Å². The molecule has 1 fully saturated rings. The monoisotopic (exact) mass is 196 g/mol. The molecule has 0 aliphatic carbocycles. The average Bonchev–Trinajstić information content (AvgIpc) is 2.72. The van der Waals surface area contributed by atoms with Crippen molar-refractivity contribution in [2.24, 2.45) is 5.73 Å². The molecule has 1 atom stereocenters. The molecule has 0 spiro atoms. The SMILES string of the molecule is NCC1=CCN(CC2CCCO2)CC1. The van der Waals surface area contributed by atoms with Crippen LogP contribution in [0, 0.1) is 0 Å². The van der Waals surface area contributed by atoms with Crippen molar-refractivity contribution in [2.45, 2.75) is 25.4 Å². The van der Waals surface area contributed by atoms with Crippen LogP contribution in [0.25, 0.3) is 0 Å². The summed E-state index contributed by atoms with van der Waals surface area (Å²) >= 11 is 0. The van der Waals surface area contributed by atoms with Crippen LogP contribution in [0.3, 0.4) is 0 Å². The average molecular weight is 196 g/mol. The number of hydrogen-bond acceptors (Lipinski definition) is 3. The van der Waals surface area contributed by atoms with Gasteiger partial charge in [-0.15, -0.1) is 0 Å². The minimum absolute atomic E-state index is 0.489. The fraction of sp³-hybridized carbons (Fsp3) is 0.818. The van der Waals surface area contributed by atoms with E-state index in [1.165, 1.54) is 18.4 Å². The highest BCUT2D eigenvalue weighted by Gasteiger charge is 2.20. The van der Waals surface area contributed by atoms with Crippen LogP contribution in [-0.4, -0.2) is 43.8 Å². The number of hydrogen-bond donors (Lipinski definition) is 1. The van der Waals surface area contributed by atoms with Gasteiger partial charge in [-0.3, -0.25) is 4.90 Å². The zero-order valence-corrected chi connectivity index (χ0v) is 8.74. The minimum Gasteiger partial charge on any atom is -0.377 e. The van der Waals surface area contributed by atoms with Gasteiger partial charge in [0.05, 0.1) is 6.10 Å². The molecule has 2 N–H and O–H groups in total. The maximum atomic E-state index is 5.62. The molecule has 0 saturated carbocycles. The molecule has 2 aliphatic rings. The Balaban J connectivity index is 1.75. The third kappa shape index (κ3) is 2.56. The van der Waals surface area contributed by atoms with Crippen LogP contribution in [0.2, 0.25) is 0 Å². The summed E-state index contributed by atoms with van der Waals surface area (Å²) in [7, 11) is 0. The van der Waals surface area contributed by atoms with Gasteiger partial charge in [0, 0.05) is 32.8 Å². The number of nitrogens with zero attached hydrogens (tertiary/aromatic N) is 1. The molecule has 80 valence electrons. The lowest BCUT2D eigenvalue weighted by molar-refractivity contribution is 0.0758. The molecule has 0 radical (unpaired) electrons. The second kappa shape index (κ2) is 4.91. The standard InChI is InChI=1S/C11H20N2O/c12-8-10-3-5-13(6-4-10)9-11-2-1-7-14-11/h3,11H,1-2,4-9,12H2. The van der Waals surface area contributed by atoms with Gasteiger partial charge in [-0.2, -0.15) is 0 Å². The first kappa shape index (κ1) is 10.1. The van der Waals surface area contributed by atoms with E-state index in [0.717, 1.165) is 39.2 Å². The molecule has 0 bridgehead atoms. The summed E-state index contributed by atoms with van der Waals surface area (Å²) in [5, 5.41) is 0. The van der Waals surface area contributed by atoms with Crippen LogP contribution in [-0.2, 0) is 4.74 Å². The largest absolute Gasteiger partial charge is 0.377 e. The molecular formula is C11H20N2O. The topological polar surface area (TPSA) is 38.5 Å². The Kier molecular flexibility index (Phi) is 3.56. The number of rotatable bonds is 3. The second-order valence-electron chi connectivity index (χ2n) is 4.21. The van der Waals surface area contributed by atoms with Crippen molar-refractivity contribution in [1.82, 2.24) is 4.90 Å². The molecule has 2 aliphatic heterocycles. The molecule has 3 nitrogen and oxygen atoms in total. The summed E-state index contributed by atoms with van der Waals surface area (Å²) in [6.07, 6.45) is 6.39. The summed E-state index contributed by atoms with van der Waals surface area (Å²) in [4.78, 5) is 2.47. The quantitative estimate of drug-likeness (QED) is 0.677.